The number of benzene rings is 3. The summed E-state index contributed by atoms with van der Waals surface area (Å²) in [6.45, 7) is 1.97. The molecule has 0 radical (unpaired) electrons. The van der Waals surface area contributed by atoms with Crippen molar-refractivity contribution in [2.75, 3.05) is 29.0 Å². The largest absolute Gasteiger partial charge is 0.378 e. The molecule has 3 aromatic carbocycles. The van der Waals surface area contributed by atoms with Gasteiger partial charge in [-0.15, -0.1) is 0 Å². The average molecular weight is 445 g/mol. The minimum Gasteiger partial charge on any atom is -0.378 e. The molecule has 2 fully saturated rings. The molecule has 7 heteroatoms. The summed E-state index contributed by atoms with van der Waals surface area (Å²) in [6.07, 6.45) is -0.958. The van der Waals surface area contributed by atoms with Crippen molar-refractivity contribution in [3.05, 3.63) is 89.7 Å². The molecule has 168 valence electrons. The molecular formula is C26H24FN3O3. The third-order valence-corrected chi connectivity index (χ3v) is 6.30. The van der Waals surface area contributed by atoms with Crippen LogP contribution >= 0.6 is 0 Å². The van der Waals surface area contributed by atoms with E-state index in [1.807, 2.05) is 74.4 Å². The van der Waals surface area contributed by atoms with Crippen LogP contribution in [0.3, 0.4) is 0 Å². The molecule has 3 atom stereocenters. The molecule has 2 amide bonds. The summed E-state index contributed by atoms with van der Waals surface area (Å²) < 4.78 is 13.4. The molecule has 2 aliphatic heterocycles. The number of amides is 2. The number of carbonyl (C=O) groups excluding carboxylic acids is 2. The van der Waals surface area contributed by atoms with Crippen molar-refractivity contribution in [1.82, 2.24) is 0 Å². The van der Waals surface area contributed by atoms with Crippen molar-refractivity contribution in [3.8, 4) is 0 Å². The van der Waals surface area contributed by atoms with Gasteiger partial charge in [-0.2, -0.15) is 0 Å². The summed E-state index contributed by atoms with van der Waals surface area (Å²) in [4.78, 5) is 36.2. The second-order valence-corrected chi connectivity index (χ2v) is 8.58. The second kappa shape index (κ2) is 8.01. The molecule has 2 aliphatic rings. The minimum absolute atomic E-state index is 0.341. The van der Waals surface area contributed by atoms with Gasteiger partial charge in [-0.05, 0) is 60.5 Å². The van der Waals surface area contributed by atoms with Crippen LogP contribution in [0.4, 0.5) is 21.5 Å². The molecule has 0 aromatic heterocycles. The average Bonchev–Trinajstić information content (AvgIpc) is 3.31. The maximum atomic E-state index is 13.6. The highest BCUT2D eigenvalue weighted by Crippen LogP contribution is 2.48. The number of rotatable bonds is 4. The Bertz CT molecular complexity index is 1210. The number of fused-ring (bicyclic) bond motifs is 1. The fourth-order valence-corrected chi connectivity index (χ4v) is 4.59. The van der Waals surface area contributed by atoms with E-state index in [4.69, 9.17) is 4.84 Å². The lowest BCUT2D eigenvalue weighted by molar-refractivity contribution is -0.126. The number of para-hydroxylation sites is 1. The molecule has 0 bridgehead atoms. The monoisotopic (exact) mass is 445 g/mol. The van der Waals surface area contributed by atoms with Crippen LogP contribution in [0.1, 0.15) is 17.2 Å². The summed E-state index contributed by atoms with van der Waals surface area (Å²) in [6, 6.07) is 20.5. The molecule has 0 N–H and O–H groups in total. The number of aryl methyl sites for hydroxylation is 1. The van der Waals surface area contributed by atoms with E-state index in [-0.39, 0.29) is 5.91 Å². The van der Waals surface area contributed by atoms with Gasteiger partial charge in [0.15, 0.2) is 6.10 Å². The normalized spacial score (nSPS) is 22.1. The minimum atomic E-state index is -0.958. The molecule has 3 aromatic rings. The first-order valence-corrected chi connectivity index (χ1v) is 10.8. The van der Waals surface area contributed by atoms with Crippen LogP contribution in [0, 0.1) is 18.7 Å². The predicted octanol–water partition coefficient (Wildman–Crippen LogP) is 4.25. The van der Waals surface area contributed by atoms with E-state index in [2.05, 4.69) is 0 Å². The van der Waals surface area contributed by atoms with Crippen LogP contribution < -0.4 is 14.9 Å². The van der Waals surface area contributed by atoms with Crippen LogP contribution in [-0.4, -0.2) is 32.0 Å². The molecular weight excluding hydrogens is 421 g/mol. The van der Waals surface area contributed by atoms with Crippen molar-refractivity contribution >= 4 is 28.9 Å². The Morgan fingerprint density at radius 1 is 0.879 bits per heavy atom. The topological polar surface area (TPSA) is 53.1 Å². The quantitative estimate of drug-likeness (QED) is 0.562. The first-order chi connectivity index (χ1) is 15.9. The van der Waals surface area contributed by atoms with Gasteiger partial charge in [0.25, 0.3) is 5.91 Å². The van der Waals surface area contributed by atoms with Gasteiger partial charge >= 0.3 is 0 Å². The van der Waals surface area contributed by atoms with Gasteiger partial charge in [0.1, 0.15) is 11.7 Å². The molecule has 5 rings (SSSR count). The van der Waals surface area contributed by atoms with Crippen molar-refractivity contribution < 1.29 is 18.8 Å². The highest BCUT2D eigenvalue weighted by Gasteiger charge is 2.60. The van der Waals surface area contributed by atoms with Crippen LogP contribution in [0.15, 0.2) is 72.8 Å². The van der Waals surface area contributed by atoms with E-state index >= 15 is 0 Å². The van der Waals surface area contributed by atoms with Gasteiger partial charge in [0.05, 0.1) is 17.4 Å². The molecule has 0 saturated carbocycles. The van der Waals surface area contributed by atoms with Gasteiger partial charge in [0, 0.05) is 19.8 Å². The summed E-state index contributed by atoms with van der Waals surface area (Å²) in [5.41, 5.74) is 4.02. The van der Waals surface area contributed by atoms with Gasteiger partial charge in [-0.1, -0.05) is 30.3 Å². The lowest BCUT2D eigenvalue weighted by Gasteiger charge is -2.30. The van der Waals surface area contributed by atoms with Gasteiger partial charge < -0.3 is 4.90 Å². The molecule has 6 nitrogen and oxygen atoms in total. The zero-order valence-electron chi connectivity index (χ0n) is 18.6. The third-order valence-electron chi connectivity index (χ3n) is 6.30. The zero-order valence-corrected chi connectivity index (χ0v) is 18.6. The van der Waals surface area contributed by atoms with Crippen LogP contribution in [0.25, 0.3) is 0 Å². The van der Waals surface area contributed by atoms with Gasteiger partial charge in [-0.3, -0.25) is 14.4 Å². The number of halogens is 1. The number of imide groups is 1. The van der Waals surface area contributed by atoms with E-state index < -0.39 is 29.8 Å². The van der Waals surface area contributed by atoms with Gasteiger partial charge in [-0.25, -0.2) is 14.4 Å². The lowest BCUT2D eigenvalue weighted by Crippen LogP contribution is -2.37. The standard InChI is InChI=1S/C26H24FN3O3/c1-16-6-4-5-7-21(16)30-23(17-8-12-19(13-9-17)28(2)3)22-24(33-30)26(32)29(25(22)31)20-14-10-18(27)11-15-20/h4-15,22-24H,1-3H3. The molecule has 0 spiro atoms. The van der Waals surface area contributed by atoms with Crippen LogP contribution in [0.5, 0.6) is 0 Å². The smallest absolute Gasteiger partial charge is 0.266 e. The fourth-order valence-electron chi connectivity index (χ4n) is 4.59. The second-order valence-electron chi connectivity index (χ2n) is 8.58. The van der Waals surface area contributed by atoms with Crippen LogP contribution in [-0.2, 0) is 14.4 Å². The number of nitrogens with zero attached hydrogens (tertiary/aromatic N) is 3. The maximum absolute atomic E-state index is 13.6. The number of carbonyl (C=O) groups is 2. The number of hydrogen-bond acceptors (Lipinski definition) is 5. The fraction of sp³-hybridized carbons (Fsp3) is 0.231. The van der Waals surface area contributed by atoms with Gasteiger partial charge in [0.2, 0.25) is 5.91 Å². The van der Waals surface area contributed by atoms with E-state index in [0.29, 0.717) is 5.69 Å². The number of hydrogen-bond donors (Lipinski definition) is 0. The van der Waals surface area contributed by atoms with Crippen molar-refractivity contribution in [2.45, 2.75) is 19.1 Å². The van der Waals surface area contributed by atoms with Crippen molar-refractivity contribution in [2.24, 2.45) is 5.92 Å². The first kappa shape index (κ1) is 21.2. The molecule has 2 heterocycles. The molecule has 0 aliphatic carbocycles. The Balaban J connectivity index is 1.58. The van der Waals surface area contributed by atoms with E-state index in [1.165, 1.54) is 24.3 Å². The zero-order chi connectivity index (χ0) is 23.3. The highest BCUT2D eigenvalue weighted by molar-refractivity contribution is 6.23. The molecule has 2 saturated heterocycles. The third kappa shape index (κ3) is 3.45. The van der Waals surface area contributed by atoms with E-state index in [9.17, 15) is 14.0 Å². The van der Waals surface area contributed by atoms with Crippen LogP contribution in [0.2, 0.25) is 0 Å². The Morgan fingerprint density at radius 2 is 1.55 bits per heavy atom. The SMILES string of the molecule is Cc1ccccc1N1OC2C(=O)N(c3ccc(F)cc3)C(=O)C2C1c1ccc(N(C)C)cc1. The Labute approximate surface area is 191 Å². The molecule has 3 unspecified atom stereocenters. The summed E-state index contributed by atoms with van der Waals surface area (Å²) in [7, 11) is 3.92. The summed E-state index contributed by atoms with van der Waals surface area (Å²) >= 11 is 0. The van der Waals surface area contributed by atoms with E-state index in [0.717, 1.165) is 27.4 Å². The summed E-state index contributed by atoms with van der Waals surface area (Å²) in [5.74, 6) is -1.96. The first-order valence-electron chi connectivity index (χ1n) is 10.8. The maximum Gasteiger partial charge on any atom is 0.266 e. The number of hydroxylamine groups is 1. The summed E-state index contributed by atoms with van der Waals surface area (Å²) in [5, 5.41) is 1.70. The lowest BCUT2D eigenvalue weighted by atomic mass is 9.90. The highest BCUT2D eigenvalue weighted by atomic mass is 19.1. The number of anilines is 3. The van der Waals surface area contributed by atoms with Crippen molar-refractivity contribution in [1.29, 1.82) is 0 Å². The Morgan fingerprint density at radius 3 is 2.18 bits per heavy atom. The predicted molar refractivity (Wildman–Crippen MR) is 124 cm³/mol. The van der Waals surface area contributed by atoms with Crippen molar-refractivity contribution in [3.63, 3.8) is 0 Å². The van der Waals surface area contributed by atoms with E-state index in [1.54, 1.807) is 5.06 Å². The Kier molecular flexibility index (Phi) is 5.13. The molecule has 33 heavy (non-hydrogen) atoms. The Hall–Kier alpha value is -3.71.